The summed E-state index contributed by atoms with van der Waals surface area (Å²) < 4.78 is 0. The molecule has 0 aliphatic heterocycles. The highest BCUT2D eigenvalue weighted by Gasteiger charge is 2.09. The van der Waals surface area contributed by atoms with Crippen LogP contribution in [-0.4, -0.2) is 28.5 Å². The van der Waals surface area contributed by atoms with Crippen LogP contribution in [0, 0.1) is 0 Å². The van der Waals surface area contributed by atoms with Gasteiger partial charge in [-0.1, -0.05) is 66.7 Å². The maximum atomic E-state index is 4.82. The van der Waals surface area contributed by atoms with Gasteiger partial charge in [0.25, 0.3) is 0 Å². The van der Waals surface area contributed by atoms with E-state index < -0.39 is 0 Å². The number of nitrogens with zero attached hydrogens (tertiary/aromatic N) is 4. The SMILES string of the molecule is CN(c1cccc(Cc2ccccc2)n1)c1ccnc(NCCc2ccccc2)n1. The molecule has 30 heavy (non-hydrogen) atoms. The molecule has 0 saturated heterocycles. The first kappa shape index (κ1) is 19.6. The normalized spacial score (nSPS) is 10.6. The number of hydrogen-bond donors (Lipinski definition) is 1. The number of aromatic nitrogens is 3. The monoisotopic (exact) mass is 395 g/mol. The summed E-state index contributed by atoms with van der Waals surface area (Å²) in [5.74, 6) is 2.28. The Labute approximate surface area is 177 Å². The van der Waals surface area contributed by atoms with E-state index in [1.54, 1.807) is 6.20 Å². The lowest BCUT2D eigenvalue weighted by atomic mass is 10.1. The average molecular weight is 396 g/mol. The second kappa shape index (κ2) is 9.65. The molecule has 0 amide bonds. The fourth-order valence-electron chi connectivity index (χ4n) is 3.26. The zero-order valence-corrected chi connectivity index (χ0v) is 17.1. The number of rotatable bonds is 8. The average Bonchev–Trinajstić information content (AvgIpc) is 2.80. The van der Waals surface area contributed by atoms with Crippen LogP contribution in [0.2, 0.25) is 0 Å². The van der Waals surface area contributed by atoms with Crippen molar-refractivity contribution in [2.75, 3.05) is 23.8 Å². The van der Waals surface area contributed by atoms with Crippen molar-refractivity contribution in [1.82, 2.24) is 15.0 Å². The lowest BCUT2D eigenvalue weighted by Gasteiger charge is -2.18. The fraction of sp³-hybridized carbons (Fsp3) is 0.160. The van der Waals surface area contributed by atoms with Crippen molar-refractivity contribution in [3.8, 4) is 0 Å². The first-order chi connectivity index (χ1) is 14.8. The first-order valence-corrected chi connectivity index (χ1v) is 10.1. The summed E-state index contributed by atoms with van der Waals surface area (Å²) in [5, 5.41) is 3.31. The van der Waals surface area contributed by atoms with Gasteiger partial charge in [0.15, 0.2) is 0 Å². The predicted molar refractivity (Wildman–Crippen MR) is 122 cm³/mol. The fourth-order valence-corrected chi connectivity index (χ4v) is 3.26. The van der Waals surface area contributed by atoms with Crippen LogP contribution in [0.4, 0.5) is 17.6 Å². The van der Waals surface area contributed by atoms with Crippen molar-refractivity contribution in [3.63, 3.8) is 0 Å². The summed E-state index contributed by atoms with van der Waals surface area (Å²) in [6, 6.07) is 28.8. The second-order valence-corrected chi connectivity index (χ2v) is 7.11. The molecule has 0 aliphatic rings. The number of pyridine rings is 1. The van der Waals surface area contributed by atoms with Crippen LogP contribution in [0.25, 0.3) is 0 Å². The molecule has 0 atom stereocenters. The van der Waals surface area contributed by atoms with Crippen molar-refractivity contribution < 1.29 is 0 Å². The van der Waals surface area contributed by atoms with E-state index in [0.717, 1.165) is 36.7 Å². The molecule has 5 nitrogen and oxygen atoms in total. The number of hydrogen-bond acceptors (Lipinski definition) is 5. The van der Waals surface area contributed by atoms with Crippen molar-refractivity contribution >= 4 is 17.6 Å². The van der Waals surface area contributed by atoms with E-state index in [1.807, 2.05) is 42.3 Å². The van der Waals surface area contributed by atoms with E-state index in [-0.39, 0.29) is 0 Å². The largest absolute Gasteiger partial charge is 0.354 e. The quantitative estimate of drug-likeness (QED) is 0.461. The Morgan fingerprint density at radius 1 is 0.733 bits per heavy atom. The van der Waals surface area contributed by atoms with Gasteiger partial charge < -0.3 is 10.2 Å². The van der Waals surface area contributed by atoms with Crippen LogP contribution in [0.1, 0.15) is 16.8 Å². The summed E-state index contributed by atoms with van der Waals surface area (Å²) in [6.07, 6.45) is 3.50. The molecule has 0 unspecified atom stereocenters. The van der Waals surface area contributed by atoms with E-state index >= 15 is 0 Å². The maximum Gasteiger partial charge on any atom is 0.224 e. The predicted octanol–water partition coefficient (Wildman–Crippen LogP) is 4.88. The molecule has 0 saturated carbocycles. The van der Waals surface area contributed by atoms with Crippen LogP contribution < -0.4 is 10.2 Å². The third-order valence-electron chi connectivity index (χ3n) is 4.89. The zero-order chi connectivity index (χ0) is 20.6. The van der Waals surface area contributed by atoms with E-state index in [2.05, 4.69) is 69.9 Å². The van der Waals surface area contributed by atoms with Gasteiger partial charge in [0, 0.05) is 31.9 Å². The number of nitrogens with one attached hydrogen (secondary N) is 1. The molecule has 5 heteroatoms. The Morgan fingerprint density at radius 3 is 2.20 bits per heavy atom. The number of benzene rings is 2. The van der Waals surface area contributed by atoms with Gasteiger partial charge in [-0.3, -0.25) is 0 Å². The Kier molecular flexibility index (Phi) is 6.30. The van der Waals surface area contributed by atoms with Crippen molar-refractivity contribution in [3.05, 3.63) is 108 Å². The van der Waals surface area contributed by atoms with E-state index in [0.29, 0.717) is 5.95 Å². The molecule has 0 aliphatic carbocycles. The third-order valence-corrected chi connectivity index (χ3v) is 4.89. The molecule has 2 aromatic carbocycles. The highest BCUT2D eigenvalue weighted by molar-refractivity contribution is 5.56. The lowest BCUT2D eigenvalue weighted by Crippen LogP contribution is -2.15. The summed E-state index contributed by atoms with van der Waals surface area (Å²) in [4.78, 5) is 15.8. The summed E-state index contributed by atoms with van der Waals surface area (Å²) in [7, 11) is 1.98. The van der Waals surface area contributed by atoms with Gasteiger partial charge in [0.1, 0.15) is 11.6 Å². The molecule has 1 N–H and O–H groups in total. The topological polar surface area (TPSA) is 53.9 Å². The Bertz CT molecular complexity index is 1070. The minimum absolute atomic E-state index is 0.621. The van der Waals surface area contributed by atoms with Crippen molar-refractivity contribution in [2.24, 2.45) is 0 Å². The second-order valence-electron chi connectivity index (χ2n) is 7.11. The van der Waals surface area contributed by atoms with Crippen molar-refractivity contribution in [2.45, 2.75) is 12.8 Å². The smallest absolute Gasteiger partial charge is 0.224 e. The third kappa shape index (κ3) is 5.20. The van der Waals surface area contributed by atoms with Crippen LogP contribution in [0.5, 0.6) is 0 Å². The van der Waals surface area contributed by atoms with E-state index in [1.165, 1.54) is 11.1 Å². The highest BCUT2D eigenvalue weighted by Crippen LogP contribution is 2.21. The van der Waals surface area contributed by atoms with Gasteiger partial charge in [0.2, 0.25) is 5.95 Å². The summed E-state index contributed by atoms with van der Waals surface area (Å²) in [6.45, 7) is 0.780. The number of anilines is 3. The van der Waals surface area contributed by atoms with Gasteiger partial charge in [0.05, 0.1) is 0 Å². The molecule has 0 bridgehead atoms. The summed E-state index contributed by atoms with van der Waals surface area (Å²) in [5.41, 5.74) is 3.57. The molecule has 4 aromatic rings. The van der Waals surface area contributed by atoms with E-state index in [4.69, 9.17) is 4.98 Å². The highest BCUT2D eigenvalue weighted by atomic mass is 15.2. The minimum Gasteiger partial charge on any atom is -0.354 e. The Hall–Kier alpha value is -3.73. The van der Waals surface area contributed by atoms with Crippen LogP contribution in [0.3, 0.4) is 0 Å². The van der Waals surface area contributed by atoms with Gasteiger partial charge in [-0.2, -0.15) is 4.98 Å². The zero-order valence-electron chi connectivity index (χ0n) is 17.1. The molecule has 0 spiro atoms. The lowest BCUT2D eigenvalue weighted by molar-refractivity contribution is 0.968. The molecule has 150 valence electrons. The van der Waals surface area contributed by atoms with E-state index in [9.17, 15) is 0 Å². The van der Waals surface area contributed by atoms with Gasteiger partial charge in [-0.15, -0.1) is 0 Å². The Balaban J connectivity index is 1.42. The van der Waals surface area contributed by atoms with Crippen LogP contribution in [-0.2, 0) is 12.8 Å². The molecular formula is C25H25N5. The van der Waals surface area contributed by atoms with Gasteiger partial charge in [-0.25, -0.2) is 9.97 Å². The maximum absolute atomic E-state index is 4.82. The van der Waals surface area contributed by atoms with Crippen molar-refractivity contribution in [1.29, 1.82) is 0 Å². The standard InChI is InChI=1S/C25H25N5/c1-30(23-14-8-13-22(28-23)19-21-11-6-3-7-12-21)24-16-18-27-25(29-24)26-17-15-20-9-4-2-5-10-20/h2-14,16,18H,15,17,19H2,1H3,(H,26,27,29). The van der Waals surface area contributed by atoms with Gasteiger partial charge in [-0.05, 0) is 35.7 Å². The molecule has 2 aromatic heterocycles. The molecule has 0 radical (unpaired) electrons. The summed E-state index contributed by atoms with van der Waals surface area (Å²) >= 11 is 0. The van der Waals surface area contributed by atoms with Gasteiger partial charge >= 0.3 is 0 Å². The first-order valence-electron chi connectivity index (χ1n) is 10.1. The molecular weight excluding hydrogens is 370 g/mol. The minimum atomic E-state index is 0.621. The Morgan fingerprint density at radius 2 is 1.43 bits per heavy atom. The molecule has 2 heterocycles. The van der Waals surface area contributed by atoms with Crippen LogP contribution >= 0.6 is 0 Å². The van der Waals surface area contributed by atoms with Crippen LogP contribution in [0.15, 0.2) is 91.1 Å². The molecule has 4 rings (SSSR count). The molecule has 0 fully saturated rings.